The van der Waals surface area contributed by atoms with E-state index >= 15 is 0 Å². The number of benzene rings is 1. The highest BCUT2D eigenvalue weighted by molar-refractivity contribution is 9.10. The first-order chi connectivity index (χ1) is 5.74. The summed E-state index contributed by atoms with van der Waals surface area (Å²) in [7, 11) is 0. The fraction of sp³-hybridized carbons (Fsp3) is 0.400. The lowest BCUT2D eigenvalue weighted by Crippen LogP contribution is -2.12. The van der Waals surface area contributed by atoms with E-state index in [9.17, 15) is 0 Å². The first-order valence-corrected chi connectivity index (χ1v) is 4.99. The summed E-state index contributed by atoms with van der Waals surface area (Å²) in [6, 6.07) is 6.41. The normalized spacial score (nSPS) is 10.2. The summed E-state index contributed by atoms with van der Waals surface area (Å²) in [5.74, 6) is 0. The maximum Gasteiger partial charge on any atom is 0.0220 e. The molecular weight excluding hydrogens is 214 g/mol. The van der Waals surface area contributed by atoms with Gasteiger partial charge in [0.15, 0.2) is 0 Å². The topological polar surface area (TPSA) is 12.0 Å². The smallest absolute Gasteiger partial charge is 0.0220 e. The second-order valence-electron chi connectivity index (χ2n) is 2.88. The summed E-state index contributed by atoms with van der Waals surface area (Å²) in [4.78, 5) is 0. The van der Waals surface area contributed by atoms with Gasteiger partial charge in [-0.25, -0.2) is 0 Å². The van der Waals surface area contributed by atoms with Crippen molar-refractivity contribution in [3.8, 4) is 0 Å². The Hall–Kier alpha value is -0.340. The Morgan fingerprint density at radius 2 is 2.17 bits per heavy atom. The van der Waals surface area contributed by atoms with E-state index in [1.54, 1.807) is 0 Å². The van der Waals surface area contributed by atoms with Crippen molar-refractivity contribution in [3.63, 3.8) is 0 Å². The van der Waals surface area contributed by atoms with Crippen molar-refractivity contribution in [2.45, 2.75) is 20.4 Å². The second-order valence-corrected chi connectivity index (χ2v) is 3.73. The van der Waals surface area contributed by atoms with Crippen LogP contribution in [-0.4, -0.2) is 6.54 Å². The van der Waals surface area contributed by atoms with Gasteiger partial charge in [-0.05, 0) is 25.1 Å². The molecule has 1 N–H and O–H groups in total. The molecule has 66 valence electrons. The molecule has 0 spiro atoms. The van der Waals surface area contributed by atoms with Crippen LogP contribution in [0.3, 0.4) is 0 Å². The first-order valence-electron chi connectivity index (χ1n) is 4.19. The average Bonchev–Trinajstić information content (AvgIpc) is 2.07. The van der Waals surface area contributed by atoms with E-state index in [2.05, 4.69) is 53.3 Å². The minimum atomic E-state index is 0.943. The van der Waals surface area contributed by atoms with Crippen LogP contribution < -0.4 is 5.32 Å². The molecule has 12 heavy (non-hydrogen) atoms. The predicted molar refractivity (Wildman–Crippen MR) is 56.3 cm³/mol. The molecule has 1 aromatic carbocycles. The van der Waals surface area contributed by atoms with E-state index in [4.69, 9.17) is 0 Å². The number of hydrogen-bond donors (Lipinski definition) is 1. The quantitative estimate of drug-likeness (QED) is 0.838. The summed E-state index contributed by atoms with van der Waals surface area (Å²) in [5.41, 5.74) is 2.64. The van der Waals surface area contributed by atoms with Crippen molar-refractivity contribution in [2.75, 3.05) is 6.54 Å². The highest BCUT2D eigenvalue weighted by Crippen LogP contribution is 2.17. The molecule has 1 aromatic rings. The van der Waals surface area contributed by atoms with Crippen LogP contribution in [0, 0.1) is 6.92 Å². The van der Waals surface area contributed by atoms with Crippen molar-refractivity contribution in [2.24, 2.45) is 0 Å². The van der Waals surface area contributed by atoms with E-state index in [0.717, 1.165) is 13.1 Å². The van der Waals surface area contributed by atoms with Crippen molar-refractivity contribution in [1.82, 2.24) is 5.32 Å². The van der Waals surface area contributed by atoms with Gasteiger partial charge in [0, 0.05) is 11.0 Å². The Morgan fingerprint density at radius 1 is 1.42 bits per heavy atom. The van der Waals surface area contributed by atoms with Crippen LogP contribution in [0.25, 0.3) is 0 Å². The largest absolute Gasteiger partial charge is 0.313 e. The van der Waals surface area contributed by atoms with Gasteiger partial charge in [0.25, 0.3) is 0 Å². The molecule has 0 aliphatic carbocycles. The maximum atomic E-state index is 3.52. The number of nitrogens with one attached hydrogen (secondary N) is 1. The van der Waals surface area contributed by atoms with Gasteiger partial charge in [0.1, 0.15) is 0 Å². The highest BCUT2D eigenvalue weighted by atomic mass is 79.9. The molecule has 0 radical (unpaired) electrons. The molecule has 0 aliphatic heterocycles. The predicted octanol–water partition coefficient (Wildman–Crippen LogP) is 2.87. The summed E-state index contributed by atoms with van der Waals surface area (Å²) in [6.07, 6.45) is 0. The highest BCUT2D eigenvalue weighted by Gasteiger charge is 1.97. The molecule has 0 heterocycles. The molecular formula is C10H14BrN. The number of rotatable bonds is 3. The van der Waals surface area contributed by atoms with Crippen LogP contribution in [0.5, 0.6) is 0 Å². The lowest BCUT2D eigenvalue weighted by Gasteiger charge is -2.05. The van der Waals surface area contributed by atoms with E-state index in [0.29, 0.717) is 0 Å². The lowest BCUT2D eigenvalue weighted by molar-refractivity contribution is 0.724. The Kier molecular flexibility index (Phi) is 3.76. The van der Waals surface area contributed by atoms with E-state index in [1.807, 2.05) is 0 Å². The van der Waals surface area contributed by atoms with Crippen LogP contribution in [0.1, 0.15) is 18.1 Å². The van der Waals surface area contributed by atoms with Crippen LogP contribution in [0.2, 0.25) is 0 Å². The number of hydrogen-bond acceptors (Lipinski definition) is 1. The monoisotopic (exact) mass is 227 g/mol. The van der Waals surface area contributed by atoms with Gasteiger partial charge in [-0.15, -0.1) is 0 Å². The van der Waals surface area contributed by atoms with Gasteiger partial charge in [-0.3, -0.25) is 0 Å². The molecule has 0 saturated heterocycles. The molecule has 0 aromatic heterocycles. The zero-order chi connectivity index (χ0) is 8.97. The fourth-order valence-corrected chi connectivity index (χ4v) is 1.49. The Labute approximate surface area is 82.3 Å². The Bertz CT molecular complexity index is 258. The SMILES string of the molecule is CCNCc1cc(C)ccc1Br. The Balaban J connectivity index is 2.75. The van der Waals surface area contributed by atoms with Crippen molar-refractivity contribution in [1.29, 1.82) is 0 Å². The Morgan fingerprint density at radius 3 is 2.83 bits per heavy atom. The number of halogens is 1. The van der Waals surface area contributed by atoms with E-state index in [-0.39, 0.29) is 0 Å². The minimum Gasteiger partial charge on any atom is -0.313 e. The summed E-state index contributed by atoms with van der Waals surface area (Å²) >= 11 is 3.52. The van der Waals surface area contributed by atoms with E-state index < -0.39 is 0 Å². The third kappa shape index (κ3) is 2.61. The fourth-order valence-electron chi connectivity index (χ4n) is 1.10. The number of aryl methyl sites for hydroxylation is 1. The van der Waals surface area contributed by atoms with Crippen LogP contribution in [0.4, 0.5) is 0 Å². The van der Waals surface area contributed by atoms with Crippen molar-refractivity contribution >= 4 is 15.9 Å². The first kappa shape index (κ1) is 9.75. The average molecular weight is 228 g/mol. The van der Waals surface area contributed by atoms with Crippen molar-refractivity contribution < 1.29 is 0 Å². The van der Waals surface area contributed by atoms with Gasteiger partial charge >= 0.3 is 0 Å². The molecule has 1 nitrogen and oxygen atoms in total. The molecule has 0 saturated carbocycles. The van der Waals surface area contributed by atoms with Crippen LogP contribution in [-0.2, 0) is 6.54 Å². The van der Waals surface area contributed by atoms with Gasteiger partial charge < -0.3 is 5.32 Å². The molecule has 1 rings (SSSR count). The lowest BCUT2D eigenvalue weighted by atomic mass is 10.1. The molecule has 0 amide bonds. The molecule has 0 fully saturated rings. The summed E-state index contributed by atoms with van der Waals surface area (Å²) in [6.45, 7) is 6.19. The standard InChI is InChI=1S/C10H14BrN/c1-3-12-7-9-6-8(2)4-5-10(9)11/h4-6,12H,3,7H2,1-2H3. The molecule has 0 atom stereocenters. The molecule has 2 heteroatoms. The molecule has 0 aliphatic rings. The van der Waals surface area contributed by atoms with Crippen molar-refractivity contribution in [3.05, 3.63) is 33.8 Å². The van der Waals surface area contributed by atoms with Gasteiger partial charge in [-0.2, -0.15) is 0 Å². The maximum absolute atomic E-state index is 3.52. The van der Waals surface area contributed by atoms with Crippen LogP contribution in [0.15, 0.2) is 22.7 Å². The van der Waals surface area contributed by atoms with E-state index in [1.165, 1.54) is 15.6 Å². The third-order valence-corrected chi connectivity index (χ3v) is 2.54. The van der Waals surface area contributed by atoms with Gasteiger partial charge in [0.2, 0.25) is 0 Å². The minimum absolute atomic E-state index is 0.943. The molecule has 0 bridgehead atoms. The summed E-state index contributed by atoms with van der Waals surface area (Å²) in [5, 5.41) is 3.30. The zero-order valence-corrected chi connectivity index (χ0v) is 9.11. The zero-order valence-electron chi connectivity index (χ0n) is 7.52. The summed E-state index contributed by atoms with van der Waals surface area (Å²) < 4.78 is 1.19. The van der Waals surface area contributed by atoms with Crippen LogP contribution >= 0.6 is 15.9 Å². The molecule has 0 unspecified atom stereocenters. The van der Waals surface area contributed by atoms with Gasteiger partial charge in [0.05, 0.1) is 0 Å². The third-order valence-electron chi connectivity index (χ3n) is 1.77. The second kappa shape index (κ2) is 4.63. The van der Waals surface area contributed by atoms with Gasteiger partial charge in [-0.1, -0.05) is 40.5 Å².